The van der Waals surface area contributed by atoms with Gasteiger partial charge in [0.15, 0.2) is 0 Å². The van der Waals surface area contributed by atoms with Crippen LogP contribution in [-0.2, 0) is 0 Å². The molecule has 3 rings (SSSR count). The van der Waals surface area contributed by atoms with Gasteiger partial charge < -0.3 is 0 Å². The lowest BCUT2D eigenvalue weighted by Gasteiger charge is -2.43. The van der Waals surface area contributed by atoms with Crippen molar-refractivity contribution in [1.29, 1.82) is 0 Å². The van der Waals surface area contributed by atoms with Crippen LogP contribution in [0.1, 0.15) is 119 Å². The first-order valence-electron chi connectivity index (χ1n) is 13.0. The fourth-order valence-electron chi connectivity index (χ4n) is 7.31. The molecule has 0 aromatic heterocycles. The van der Waals surface area contributed by atoms with Gasteiger partial charge in [-0.25, -0.2) is 0 Å². The Balaban J connectivity index is 0.00000126. The SMILES string of the molecule is CC.CCC(C)C1CCC(CCCC2CC3CCC(C)C3C(C(C)C)C2)C1. The summed E-state index contributed by atoms with van der Waals surface area (Å²) >= 11 is 0. The first kappa shape index (κ1) is 23.3. The lowest BCUT2D eigenvalue weighted by molar-refractivity contribution is 0.0671. The second-order valence-electron chi connectivity index (χ2n) is 10.9. The molecule has 3 aliphatic carbocycles. The van der Waals surface area contributed by atoms with E-state index in [9.17, 15) is 0 Å². The van der Waals surface area contributed by atoms with Crippen molar-refractivity contribution >= 4 is 0 Å². The van der Waals surface area contributed by atoms with Gasteiger partial charge in [0.2, 0.25) is 0 Å². The van der Waals surface area contributed by atoms with E-state index in [1.807, 2.05) is 13.8 Å². The van der Waals surface area contributed by atoms with Crippen molar-refractivity contribution in [1.82, 2.24) is 0 Å². The Morgan fingerprint density at radius 1 is 0.815 bits per heavy atom. The quantitative estimate of drug-likeness (QED) is 0.416. The highest BCUT2D eigenvalue weighted by molar-refractivity contribution is 4.94. The third-order valence-electron chi connectivity index (χ3n) is 9.04. The molecular formula is C27H52. The molecule has 0 aromatic rings. The monoisotopic (exact) mass is 376 g/mol. The van der Waals surface area contributed by atoms with Gasteiger partial charge in [0, 0.05) is 0 Å². The lowest BCUT2D eigenvalue weighted by atomic mass is 9.63. The number of hydrogen-bond donors (Lipinski definition) is 0. The molecule has 8 unspecified atom stereocenters. The molecule has 0 aliphatic heterocycles. The van der Waals surface area contributed by atoms with Gasteiger partial charge in [0.1, 0.15) is 0 Å². The van der Waals surface area contributed by atoms with Crippen LogP contribution in [0.3, 0.4) is 0 Å². The summed E-state index contributed by atoms with van der Waals surface area (Å²) in [7, 11) is 0. The average molecular weight is 377 g/mol. The maximum Gasteiger partial charge on any atom is -0.0329 e. The maximum absolute atomic E-state index is 2.55. The van der Waals surface area contributed by atoms with Crippen molar-refractivity contribution in [3.05, 3.63) is 0 Å². The van der Waals surface area contributed by atoms with Crippen molar-refractivity contribution < 1.29 is 0 Å². The van der Waals surface area contributed by atoms with E-state index in [4.69, 9.17) is 0 Å². The van der Waals surface area contributed by atoms with E-state index in [1.54, 1.807) is 38.5 Å². The van der Waals surface area contributed by atoms with Crippen LogP contribution in [0.15, 0.2) is 0 Å². The van der Waals surface area contributed by atoms with Crippen LogP contribution in [0, 0.1) is 53.3 Å². The van der Waals surface area contributed by atoms with Crippen molar-refractivity contribution in [2.45, 2.75) is 119 Å². The second-order valence-corrected chi connectivity index (χ2v) is 10.9. The van der Waals surface area contributed by atoms with Gasteiger partial charge in [-0.3, -0.25) is 0 Å². The molecule has 0 heteroatoms. The van der Waals surface area contributed by atoms with Gasteiger partial charge >= 0.3 is 0 Å². The Hall–Kier alpha value is 0. The Bertz CT molecular complexity index is 397. The van der Waals surface area contributed by atoms with E-state index >= 15 is 0 Å². The standard InChI is InChI=1S/C25H46.C2H6/c1-6-18(4)22-13-11-20(14-22)8-7-9-21-15-23-12-10-19(5)25(23)24(16-21)17(2)3;1-2/h17-25H,6-16H2,1-5H3;1-2H3. The summed E-state index contributed by atoms with van der Waals surface area (Å²) in [5.41, 5.74) is 0. The molecule has 27 heavy (non-hydrogen) atoms. The van der Waals surface area contributed by atoms with E-state index in [0.717, 1.165) is 53.3 Å². The van der Waals surface area contributed by atoms with Crippen LogP contribution < -0.4 is 0 Å². The molecule has 160 valence electrons. The summed E-state index contributed by atoms with van der Waals surface area (Å²) < 4.78 is 0. The zero-order chi connectivity index (χ0) is 20.0. The molecule has 0 radical (unpaired) electrons. The molecule has 3 saturated carbocycles. The summed E-state index contributed by atoms with van der Waals surface area (Å²) in [6.07, 6.45) is 16.8. The highest BCUT2D eigenvalue weighted by Gasteiger charge is 2.44. The summed E-state index contributed by atoms with van der Waals surface area (Å²) in [4.78, 5) is 0. The first-order chi connectivity index (χ1) is 13.0. The molecule has 8 atom stereocenters. The van der Waals surface area contributed by atoms with Crippen molar-refractivity contribution in [2.75, 3.05) is 0 Å². The Kier molecular flexibility index (Phi) is 9.70. The van der Waals surface area contributed by atoms with Crippen LogP contribution in [0.5, 0.6) is 0 Å². The van der Waals surface area contributed by atoms with Crippen molar-refractivity contribution in [3.8, 4) is 0 Å². The van der Waals surface area contributed by atoms with E-state index in [1.165, 1.54) is 32.1 Å². The van der Waals surface area contributed by atoms with Crippen molar-refractivity contribution in [2.24, 2.45) is 53.3 Å². The molecule has 0 bridgehead atoms. The molecule has 0 nitrogen and oxygen atoms in total. The average Bonchev–Trinajstić information content (AvgIpc) is 3.29. The smallest absolute Gasteiger partial charge is 0.0329 e. The number of hydrogen-bond acceptors (Lipinski definition) is 0. The third-order valence-corrected chi connectivity index (χ3v) is 9.04. The van der Waals surface area contributed by atoms with Gasteiger partial charge in [0.05, 0.1) is 0 Å². The molecule has 0 N–H and O–H groups in total. The fraction of sp³-hybridized carbons (Fsp3) is 1.00. The van der Waals surface area contributed by atoms with E-state index in [2.05, 4.69) is 34.6 Å². The van der Waals surface area contributed by atoms with E-state index in [0.29, 0.717) is 0 Å². The molecule has 3 aliphatic rings. The highest BCUT2D eigenvalue weighted by Crippen LogP contribution is 2.53. The zero-order valence-corrected chi connectivity index (χ0v) is 20.0. The Morgan fingerprint density at radius 2 is 1.52 bits per heavy atom. The minimum absolute atomic E-state index is 0.905. The van der Waals surface area contributed by atoms with E-state index < -0.39 is 0 Å². The Labute approximate surface area is 172 Å². The molecular weight excluding hydrogens is 324 g/mol. The normalized spacial score (nSPS) is 39.8. The van der Waals surface area contributed by atoms with Crippen LogP contribution in [-0.4, -0.2) is 0 Å². The van der Waals surface area contributed by atoms with Crippen LogP contribution in [0.25, 0.3) is 0 Å². The van der Waals surface area contributed by atoms with Gasteiger partial charge in [-0.1, -0.05) is 87.0 Å². The van der Waals surface area contributed by atoms with Crippen molar-refractivity contribution in [3.63, 3.8) is 0 Å². The minimum atomic E-state index is 0.905. The number of fused-ring (bicyclic) bond motifs is 1. The molecule has 3 fully saturated rings. The molecule has 0 saturated heterocycles. The Morgan fingerprint density at radius 3 is 2.19 bits per heavy atom. The predicted molar refractivity (Wildman–Crippen MR) is 122 cm³/mol. The molecule has 0 heterocycles. The van der Waals surface area contributed by atoms with Crippen LogP contribution in [0.2, 0.25) is 0 Å². The van der Waals surface area contributed by atoms with Crippen LogP contribution >= 0.6 is 0 Å². The second kappa shape index (κ2) is 11.3. The van der Waals surface area contributed by atoms with Crippen LogP contribution in [0.4, 0.5) is 0 Å². The minimum Gasteiger partial charge on any atom is -0.0683 e. The predicted octanol–water partition coefficient (Wildman–Crippen LogP) is 8.99. The van der Waals surface area contributed by atoms with Gasteiger partial charge in [-0.15, -0.1) is 0 Å². The van der Waals surface area contributed by atoms with Gasteiger partial charge in [-0.05, 0) is 85.4 Å². The summed E-state index contributed by atoms with van der Waals surface area (Å²) in [6, 6.07) is 0. The molecule has 0 amide bonds. The zero-order valence-electron chi connectivity index (χ0n) is 20.0. The summed E-state index contributed by atoms with van der Waals surface area (Å²) in [6.45, 7) is 16.4. The first-order valence-corrected chi connectivity index (χ1v) is 13.0. The maximum atomic E-state index is 2.55. The largest absolute Gasteiger partial charge is 0.0683 e. The molecule has 0 aromatic carbocycles. The van der Waals surface area contributed by atoms with E-state index in [-0.39, 0.29) is 0 Å². The summed E-state index contributed by atoms with van der Waals surface area (Å²) in [5.74, 6) is 9.25. The third kappa shape index (κ3) is 5.99. The van der Waals surface area contributed by atoms with Gasteiger partial charge in [-0.2, -0.15) is 0 Å². The fourth-order valence-corrected chi connectivity index (χ4v) is 7.31. The summed E-state index contributed by atoms with van der Waals surface area (Å²) in [5, 5.41) is 0. The van der Waals surface area contributed by atoms with Gasteiger partial charge in [0.25, 0.3) is 0 Å². The topological polar surface area (TPSA) is 0 Å². The molecule has 0 spiro atoms. The number of rotatable bonds is 7. The highest BCUT2D eigenvalue weighted by atomic mass is 14.5. The lowest BCUT2D eigenvalue weighted by Crippen LogP contribution is -2.35.